The third-order valence-electron chi connectivity index (χ3n) is 6.09. The SMILES string of the molecule is CC(=O)NC1CCC(CCN2CCN(c3cc(C(F)(F)F)ccc3F)CC2)CC1. The number of nitrogens with one attached hydrogen (secondary N) is 1. The van der Waals surface area contributed by atoms with Gasteiger partial charge in [0, 0.05) is 39.1 Å². The van der Waals surface area contributed by atoms with Crippen LogP contribution in [-0.2, 0) is 11.0 Å². The van der Waals surface area contributed by atoms with Crippen LogP contribution >= 0.6 is 0 Å². The van der Waals surface area contributed by atoms with Gasteiger partial charge in [0.05, 0.1) is 11.3 Å². The molecule has 1 aliphatic heterocycles. The molecule has 1 saturated heterocycles. The Balaban J connectivity index is 1.44. The molecule has 1 aromatic carbocycles. The van der Waals surface area contributed by atoms with Gasteiger partial charge in [0.1, 0.15) is 5.82 Å². The number of hydrogen-bond acceptors (Lipinski definition) is 3. The highest BCUT2D eigenvalue weighted by atomic mass is 19.4. The van der Waals surface area contributed by atoms with Crippen LogP contribution in [0.1, 0.15) is 44.6 Å². The lowest BCUT2D eigenvalue weighted by Gasteiger charge is -2.37. The third kappa shape index (κ3) is 6.07. The second-order valence-corrected chi connectivity index (χ2v) is 8.20. The Bertz CT molecular complexity index is 694. The van der Waals surface area contributed by atoms with Gasteiger partial charge in [0.2, 0.25) is 5.91 Å². The van der Waals surface area contributed by atoms with Gasteiger partial charge < -0.3 is 10.2 Å². The molecule has 0 bridgehead atoms. The molecule has 1 N–H and O–H groups in total. The molecule has 1 saturated carbocycles. The summed E-state index contributed by atoms with van der Waals surface area (Å²) in [5, 5.41) is 2.99. The number of piperazine rings is 1. The van der Waals surface area contributed by atoms with E-state index >= 15 is 0 Å². The van der Waals surface area contributed by atoms with Gasteiger partial charge >= 0.3 is 6.18 Å². The number of carbonyl (C=O) groups is 1. The van der Waals surface area contributed by atoms with Gasteiger partial charge in [-0.3, -0.25) is 9.69 Å². The van der Waals surface area contributed by atoms with Crippen LogP contribution in [0.2, 0.25) is 0 Å². The first-order chi connectivity index (χ1) is 13.7. The number of nitrogens with zero attached hydrogens (tertiary/aromatic N) is 2. The van der Waals surface area contributed by atoms with Crippen molar-refractivity contribution in [2.75, 3.05) is 37.6 Å². The van der Waals surface area contributed by atoms with Gasteiger partial charge in [0.15, 0.2) is 0 Å². The van der Waals surface area contributed by atoms with E-state index in [-0.39, 0.29) is 11.6 Å². The standard InChI is InChI=1S/C21H29F4N3O/c1-15(29)26-18-5-2-16(3-6-18)8-9-27-10-12-28(13-11-27)20-14-17(21(23,24)25)4-7-19(20)22/h4,7,14,16,18H,2-3,5-6,8-13H2,1H3,(H,26,29). The zero-order valence-electron chi connectivity index (χ0n) is 16.8. The van der Waals surface area contributed by atoms with Gasteiger partial charge in [-0.2, -0.15) is 13.2 Å². The highest BCUT2D eigenvalue weighted by molar-refractivity contribution is 5.73. The molecule has 0 spiro atoms. The first kappa shape index (κ1) is 21.9. The molecule has 2 fully saturated rings. The molecule has 0 radical (unpaired) electrons. The maximum atomic E-state index is 14.1. The number of halogens is 4. The summed E-state index contributed by atoms with van der Waals surface area (Å²) < 4.78 is 52.9. The van der Waals surface area contributed by atoms with Crippen molar-refractivity contribution in [1.82, 2.24) is 10.2 Å². The normalized spacial score (nSPS) is 23.8. The summed E-state index contributed by atoms with van der Waals surface area (Å²) in [6, 6.07) is 2.91. The van der Waals surface area contributed by atoms with Crippen LogP contribution in [0.3, 0.4) is 0 Å². The number of hydrogen-bond donors (Lipinski definition) is 1. The molecule has 4 nitrogen and oxygen atoms in total. The minimum absolute atomic E-state index is 0.0310. The van der Waals surface area contributed by atoms with Gasteiger partial charge in [-0.25, -0.2) is 4.39 Å². The Morgan fingerprint density at radius 1 is 1.10 bits per heavy atom. The molecule has 2 aliphatic rings. The third-order valence-corrected chi connectivity index (χ3v) is 6.09. The smallest absolute Gasteiger partial charge is 0.367 e. The molecule has 3 rings (SSSR count). The number of alkyl halides is 3. The number of benzene rings is 1. The first-order valence-corrected chi connectivity index (χ1v) is 10.3. The zero-order chi connectivity index (χ0) is 21.0. The molecule has 0 unspecified atom stereocenters. The van der Waals surface area contributed by atoms with Gasteiger partial charge in [-0.05, 0) is 62.8 Å². The predicted molar refractivity (Wildman–Crippen MR) is 104 cm³/mol. The van der Waals surface area contributed by atoms with E-state index in [4.69, 9.17) is 0 Å². The van der Waals surface area contributed by atoms with Crippen molar-refractivity contribution in [3.63, 3.8) is 0 Å². The summed E-state index contributed by atoms with van der Waals surface area (Å²) in [4.78, 5) is 15.2. The molecule has 8 heteroatoms. The summed E-state index contributed by atoms with van der Waals surface area (Å²) in [6.07, 6.45) is 0.883. The maximum absolute atomic E-state index is 14.1. The van der Waals surface area contributed by atoms with Crippen LogP contribution in [-0.4, -0.2) is 49.6 Å². The number of rotatable bonds is 5. The van der Waals surface area contributed by atoms with Gasteiger partial charge in [0.25, 0.3) is 0 Å². The van der Waals surface area contributed by atoms with Crippen LogP contribution in [0.4, 0.5) is 23.2 Å². The topological polar surface area (TPSA) is 35.6 Å². The van der Waals surface area contributed by atoms with Crippen molar-refractivity contribution >= 4 is 11.6 Å². The van der Waals surface area contributed by atoms with E-state index in [1.165, 1.54) is 0 Å². The molecule has 1 aromatic rings. The van der Waals surface area contributed by atoms with Crippen LogP contribution in [0.25, 0.3) is 0 Å². The monoisotopic (exact) mass is 415 g/mol. The second kappa shape index (κ2) is 9.32. The van der Waals surface area contributed by atoms with Crippen LogP contribution < -0.4 is 10.2 Å². The lowest BCUT2D eigenvalue weighted by Crippen LogP contribution is -2.47. The minimum Gasteiger partial charge on any atom is -0.367 e. The molecule has 1 amide bonds. The van der Waals surface area contributed by atoms with Gasteiger partial charge in [-0.15, -0.1) is 0 Å². The highest BCUT2D eigenvalue weighted by Crippen LogP contribution is 2.33. The van der Waals surface area contributed by atoms with Crippen LogP contribution in [0, 0.1) is 11.7 Å². The van der Waals surface area contributed by atoms with E-state index in [0.29, 0.717) is 25.0 Å². The van der Waals surface area contributed by atoms with Crippen LogP contribution in [0.5, 0.6) is 0 Å². The Labute approximate surface area is 169 Å². The maximum Gasteiger partial charge on any atom is 0.416 e. The fourth-order valence-corrected chi connectivity index (χ4v) is 4.39. The van der Waals surface area contributed by atoms with E-state index in [9.17, 15) is 22.4 Å². The van der Waals surface area contributed by atoms with E-state index in [0.717, 1.165) is 69.9 Å². The van der Waals surface area contributed by atoms with E-state index in [1.807, 2.05) is 0 Å². The number of anilines is 1. The Morgan fingerprint density at radius 2 is 1.76 bits per heavy atom. The van der Waals surface area contributed by atoms with Crippen molar-refractivity contribution < 1.29 is 22.4 Å². The predicted octanol–water partition coefficient (Wildman–Crippen LogP) is 4.05. The lowest BCUT2D eigenvalue weighted by atomic mass is 9.84. The first-order valence-electron chi connectivity index (χ1n) is 10.3. The molecular formula is C21H29F4N3O. The number of amides is 1. The van der Waals surface area contributed by atoms with E-state index in [2.05, 4.69) is 10.2 Å². The molecule has 1 aliphatic carbocycles. The largest absolute Gasteiger partial charge is 0.416 e. The minimum atomic E-state index is -4.47. The summed E-state index contributed by atoms with van der Waals surface area (Å²) in [7, 11) is 0. The Hall–Kier alpha value is -1.83. The fourth-order valence-electron chi connectivity index (χ4n) is 4.39. The summed E-state index contributed by atoms with van der Waals surface area (Å²) in [6.45, 7) is 4.99. The van der Waals surface area contributed by atoms with Crippen molar-refractivity contribution in [3.05, 3.63) is 29.6 Å². The summed E-state index contributed by atoms with van der Waals surface area (Å²) >= 11 is 0. The average Bonchev–Trinajstić information content (AvgIpc) is 2.67. The molecule has 1 heterocycles. The highest BCUT2D eigenvalue weighted by Gasteiger charge is 2.32. The quantitative estimate of drug-likeness (QED) is 0.737. The van der Waals surface area contributed by atoms with Crippen molar-refractivity contribution in [3.8, 4) is 0 Å². The molecule has 0 atom stereocenters. The summed E-state index contributed by atoms with van der Waals surface area (Å²) in [5.41, 5.74) is -0.776. The van der Waals surface area contributed by atoms with Crippen molar-refractivity contribution in [1.29, 1.82) is 0 Å². The number of carbonyl (C=O) groups excluding carboxylic acids is 1. The molecule has 162 valence electrons. The van der Waals surface area contributed by atoms with Crippen LogP contribution in [0.15, 0.2) is 18.2 Å². The van der Waals surface area contributed by atoms with Crippen molar-refractivity contribution in [2.24, 2.45) is 5.92 Å². The van der Waals surface area contributed by atoms with Crippen molar-refractivity contribution in [2.45, 2.75) is 51.2 Å². The second-order valence-electron chi connectivity index (χ2n) is 8.20. The Morgan fingerprint density at radius 3 is 2.34 bits per heavy atom. The fraction of sp³-hybridized carbons (Fsp3) is 0.667. The zero-order valence-corrected chi connectivity index (χ0v) is 16.8. The van der Waals surface area contributed by atoms with E-state index < -0.39 is 17.6 Å². The lowest BCUT2D eigenvalue weighted by molar-refractivity contribution is -0.137. The molecule has 0 aromatic heterocycles. The summed E-state index contributed by atoms with van der Waals surface area (Å²) in [5.74, 6) is 0.0739. The average molecular weight is 415 g/mol. The molecule has 29 heavy (non-hydrogen) atoms. The van der Waals surface area contributed by atoms with E-state index in [1.54, 1.807) is 11.8 Å². The molecular weight excluding hydrogens is 386 g/mol. The van der Waals surface area contributed by atoms with Gasteiger partial charge in [-0.1, -0.05) is 0 Å². The Kier molecular flexibility index (Phi) is 7.03.